The Labute approximate surface area is 193 Å². The minimum Gasteiger partial charge on any atom is -0.396 e. The predicted octanol–water partition coefficient (Wildman–Crippen LogP) is 7.01. The second kappa shape index (κ2) is 9.41. The van der Waals surface area contributed by atoms with Crippen molar-refractivity contribution in [3.63, 3.8) is 0 Å². The summed E-state index contributed by atoms with van der Waals surface area (Å²) in [6, 6.07) is 37.7. The van der Waals surface area contributed by atoms with E-state index in [-0.39, 0.29) is 13.2 Å². The molecule has 6 rings (SSSR count). The zero-order valence-electron chi connectivity index (χ0n) is 18.4. The van der Waals surface area contributed by atoms with Gasteiger partial charge in [0.2, 0.25) is 0 Å². The Balaban J connectivity index is 0.000000139. The minimum atomic E-state index is 0.1000. The van der Waals surface area contributed by atoms with Gasteiger partial charge >= 0.3 is 0 Å². The summed E-state index contributed by atoms with van der Waals surface area (Å²) in [7, 11) is 0. The highest BCUT2D eigenvalue weighted by molar-refractivity contribution is 6.02. The fourth-order valence-corrected chi connectivity index (χ4v) is 4.58. The maximum Gasteiger partial charge on any atom is 0.0682 e. The van der Waals surface area contributed by atoms with Gasteiger partial charge in [-0.15, -0.1) is 0 Å². The van der Waals surface area contributed by atoms with Gasteiger partial charge in [0, 0.05) is 6.61 Å². The van der Waals surface area contributed by atoms with Crippen LogP contribution in [0.1, 0.15) is 11.1 Å². The molecule has 0 saturated heterocycles. The van der Waals surface area contributed by atoms with Gasteiger partial charge in [-0.2, -0.15) is 0 Å². The molecule has 0 bridgehead atoms. The predicted molar refractivity (Wildman–Crippen MR) is 140 cm³/mol. The first-order valence-electron chi connectivity index (χ1n) is 11.3. The Kier molecular flexibility index (Phi) is 6.03. The van der Waals surface area contributed by atoms with Crippen molar-refractivity contribution in [3.05, 3.63) is 120 Å². The first-order valence-corrected chi connectivity index (χ1v) is 11.3. The number of hydrogen-bond donors (Lipinski definition) is 2. The zero-order valence-corrected chi connectivity index (χ0v) is 18.4. The van der Waals surface area contributed by atoms with E-state index in [1.165, 1.54) is 48.7 Å². The van der Waals surface area contributed by atoms with Crippen molar-refractivity contribution in [1.29, 1.82) is 0 Å². The second-order valence-corrected chi connectivity index (χ2v) is 8.31. The number of rotatable bonds is 3. The van der Waals surface area contributed by atoms with Gasteiger partial charge in [-0.05, 0) is 84.9 Å². The van der Waals surface area contributed by atoms with E-state index >= 15 is 0 Å². The molecule has 0 saturated carbocycles. The van der Waals surface area contributed by atoms with Crippen molar-refractivity contribution < 1.29 is 10.2 Å². The number of benzene rings is 6. The molecule has 0 spiro atoms. The topological polar surface area (TPSA) is 40.5 Å². The standard InChI is InChI=1S/C16H14O.C15H12O/c17-10-9-16-14-7-3-1-5-12(14)11-13-6-2-4-8-15(13)16;16-10-11-5-6-14-8-12-3-1-2-4-13(12)9-15(14)7-11/h1-8,11,17H,9-10H2;1-9,16H,10H2. The number of hydrogen-bond acceptors (Lipinski definition) is 2. The van der Waals surface area contributed by atoms with Crippen LogP contribution in [0, 0.1) is 0 Å². The lowest BCUT2D eigenvalue weighted by atomic mass is 9.95. The highest BCUT2D eigenvalue weighted by Crippen LogP contribution is 2.28. The van der Waals surface area contributed by atoms with Gasteiger partial charge in [0.25, 0.3) is 0 Å². The van der Waals surface area contributed by atoms with Crippen LogP contribution in [0.4, 0.5) is 0 Å². The third kappa shape index (κ3) is 4.31. The van der Waals surface area contributed by atoms with E-state index in [2.05, 4.69) is 91.0 Å². The van der Waals surface area contributed by atoms with Crippen LogP contribution in [-0.4, -0.2) is 16.8 Å². The van der Waals surface area contributed by atoms with Gasteiger partial charge in [-0.1, -0.05) is 84.9 Å². The van der Waals surface area contributed by atoms with Crippen LogP contribution in [-0.2, 0) is 13.0 Å². The summed E-state index contributed by atoms with van der Waals surface area (Å²) < 4.78 is 0. The Morgan fingerprint density at radius 2 is 0.939 bits per heavy atom. The van der Waals surface area contributed by atoms with E-state index in [0.717, 1.165) is 5.56 Å². The molecule has 0 aliphatic heterocycles. The minimum absolute atomic E-state index is 0.1000. The molecule has 33 heavy (non-hydrogen) atoms. The maximum atomic E-state index is 9.24. The number of fused-ring (bicyclic) bond motifs is 4. The van der Waals surface area contributed by atoms with Gasteiger partial charge in [-0.3, -0.25) is 0 Å². The van der Waals surface area contributed by atoms with Crippen LogP contribution < -0.4 is 0 Å². The summed E-state index contributed by atoms with van der Waals surface area (Å²) in [4.78, 5) is 0. The van der Waals surface area contributed by atoms with Crippen LogP contribution in [0.25, 0.3) is 43.1 Å². The van der Waals surface area contributed by atoms with Gasteiger partial charge in [0.1, 0.15) is 0 Å². The van der Waals surface area contributed by atoms with Crippen molar-refractivity contribution in [3.8, 4) is 0 Å². The van der Waals surface area contributed by atoms with E-state index in [4.69, 9.17) is 5.11 Å². The molecule has 0 aliphatic carbocycles. The normalized spacial score (nSPS) is 11.1. The van der Waals surface area contributed by atoms with Crippen LogP contribution >= 0.6 is 0 Å². The summed E-state index contributed by atoms with van der Waals surface area (Å²) in [6.07, 6.45) is 0.710. The maximum absolute atomic E-state index is 9.24. The van der Waals surface area contributed by atoms with Gasteiger partial charge in [0.05, 0.1) is 6.61 Å². The van der Waals surface area contributed by atoms with Crippen molar-refractivity contribution in [2.45, 2.75) is 13.0 Å². The molecule has 0 unspecified atom stereocenters. The SMILES string of the molecule is OCCc1c2ccccc2cc2ccccc12.OCc1ccc2cc3ccccc3cc2c1. The molecular weight excluding hydrogens is 404 g/mol. The van der Waals surface area contributed by atoms with Gasteiger partial charge in [0.15, 0.2) is 0 Å². The summed E-state index contributed by atoms with van der Waals surface area (Å²) in [5, 5.41) is 28.2. The fourth-order valence-electron chi connectivity index (χ4n) is 4.58. The number of aliphatic hydroxyl groups is 2. The van der Waals surface area contributed by atoms with E-state index in [1.54, 1.807) is 0 Å². The Morgan fingerprint density at radius 3 is 1.52 bits per heavy atom. The average Bonchev–Trinajstić information content (AvgIpc) is 2.87. The largest absolute Gasteiger partial charge is 0.396 e. The molecule has 2 nitrogen and oxygen atoms in total. The Morgan fingerprint density at radius 1 is 0.455 bits per heavy atom. The summed E-state index contributed by atoms with van der Waals surface area (Å²) in [6.45, 7) is 0.292. The van der Waals surface area contributed by atoms with Crippen molar-refractivity contribution >= 4 is 43.1 Å². The van der Waals surface area contributed by atoms with E-state index < -0.39 is 0 Å². The quantitative estimate of drug-likeness (QED) is 0.296. The monoisotopic (exact) mass is 430 g/mol. The molecule has 6 aromatic carbocycles. The highest BCUT2D eigenvalue weighted by Gasteiger charge is 2.06. The molecular formula is C31H26O2. The summed E-state index contributed by atoms with van der Waals surface area (Å²) in [5.41, 5.74) is 2.21. The van der Waals surface area contributed by atoms with Crippen LogP contribution in [0.5, 0.6) is 0 Å². The van der Waals surface area contributed by atoms with E-state index in [0.29, 0.717) is 6.42 Å². The molecule has 0 amide bonds. The molecule has 2 heteroatoms. The third-order valence-electron chi connectivity index (χ3n) is 6.20. The van der Waals surface area contributed by atoms with Gasteiger partial charge in [-0.25, -0.2) is 0 Å². The molecule has 0 heterocycles. The molecule has 0 atom stereocenters. The van der Waals surface area contributed by atoms with E-state index in [1.807, 2.05) is 18.2 Å². The average molecular weight is 431 g/mol. The van der Waals surface area contributed by atoms with Crippen LogP contribution in [0.3, 0.4) is 0 Å². The van der Waals surface area contributed by atoms with Crippen molar-refractivity contribution in [2.24, 2.45) is 0 Å². The molecule has 0 radical (unpaired) electrons. The lowest BCUT2D eigenvalue weighted by molar-refractivity contribution is 0.282. The molecule has 0 aliphatic rings. The van der Waals surface area contributed by atoms with E-state index in [9.17, 15) is 5.11 Å². The Bertz CT molecular complexity index is 1510. The van der Waals surface area contributed by atoms with Crippen LogP contribution in [0.2, 0.25) is 0 Å². The number of aliphatic hydroxyl groups excluding tert-OH is 2. The smallest absolute Gasteiger partial charge is 0.0682 e. The second-order valence-electron chi connectivity index (χ2n) is 8.31. The molecule has 0 fully saturated rings. The lowest BCUT2D eigenvalue weighted by Crippen LogP contribution is -1.94. The zero-order chi connectivity index (χ0) is 22.6. The summed E-state index contributed by atoms with van der Waals surface area (Å²) >= 11 is 0. The lowest BCUT2D eigenvalue weighted by Gasteiger charge is -2.10. The molecule has 162 valence electrons. The fraction of sp³-hybridized carbons (Fsp3) is 0.0968. The third-order valence-corrected chi connectivity index (χ3v) is 6.20. The van der Waals surface area contributed by atoms with Gasteiger partial charge < -0.3 is 10.2 Å². The van der Waals surface area contributed by atoms with Crippen molar-refractivity contribution in [2.75, 3.05) is 6.61 Å². The summed E-state index contributed by atoms with van der Waals surface area (Å²) in [5.74, 6) is 0. The Hall–Kier alpha value is -3.72. The first kappa shape index (κ1) is 21.1. The molecule has 2 N–H and O–H groups in total. The molecule has 6 aromatic rings. The first-order chi connectivity index (χ1) is 16.3. The molecule has 0 aromatic heterocycles. The van der Waals surface area contributed by atoms with Crippen molar-refractivity contribution in [1.82, 2.24) is 0 Å². The highest BCUT2D eigenvalue weighted by atomic mass is 16.3. The van der Waals surface area contributed by atoms with Crippen LogP contribution in [0.15, 0.2) is 109 Å².